The van der Waals surface area contributed by atoms with Gasteiger partial charge in [0.2, 0.25) is 5.91 Å². The van der Waals surface area contributed by atoms with E-state index in [2.05, 4.69) is 26.1 Å². The van der Waals surface area contributed by atoms with Gasteiger partial charge >= 0.3 is 5.97 Å². The molecular formula is C14H25NO4. The van der Waals surface area contributed by atoms with Crippen LogP contribution >= 0.6 is 0 Å². The first-order valence-electron chi connectivity index (χ1n) is 6.90. The molecule has 1 aliphatic rings. The molecule has 1 amide bonds. The van der Waals surface area contributed by atoms with E-state index < -0.39 is 12.0 Å². The van der Waals surface area contributed by atoms with E-state index in [-0.39, 0.29) is 17.2 Å². The maximum Gasteiger partial charge on any atom is 0.326 e. The molecule has 1 fully saturated rings. The number of ether oxygens (including phenoxy) is 1. The molecule has 110 valence electrons. The molecule has 1 rings (SSSR count). The van der Waals surface area contributed by atoms with Crippen molar-refractivity contribution in [2.45, 2.75) is 52.5 Å². The molecule has 1 atom stereocenters. The molecule has 0 aromatic carbocycles. The van der Waals surface area contributed by atoms with Crippen LogP contribution in [0.4, 0.5) is 0 Å². The summed E-state index contributed by atoms with van der Waals surface area (Å²) < 4.78 is 5.20. The number of carbonyl (C=O) groups excluding carboxylic acids is 1. The second-order valence-electron chi connectivity index (χ2n) is 6.39. The molecule has 0 aromatic heterocycles. The minimum absolute atomic E-state index is 0.0666. The summed E-state index contributed by atoms with van der Waals surface area (Å²) in [6, 6.07) is -0.783. The summed E-state index contributed by atoms with van der Waals surface area (Å²) >= 11 is 0. The second kappa shape index (κ2) is 6.89. The molecule has 19 heavy (non-hydrogen) atoms. The number of amides is 1. The zero-order chi connectivity index (χ0) is 14.5. The standard InChI is InChI=1S/C14H25NO4/c1-14(2,3)7-4-11(13(17)18)15-12(16)10-5-8-19-9-6-10/h10-11H,4-9H2,1-3H3,(H,15,16)(H,17,18). The SMILES string of the molecule is CC(C)(C)CCC(NC(=O)C1CCOCC1)C(=O)O. The molecule has 0 radical (unpaired) electrons. The number of hydrogen-bond donors (Lipinski definition) is 2. The van der Waals surface area contributed by atoms with Crippen molar-refractivity contribution in [1.29, 1.82) is 0 Å². The number of rotatable bonds is 5. The van der Waals surface area contributed by atoms with Gasteiger partial charge in [0.1, 0.15) is 6.04 Å². The predicted molar refractivity (Wildman–Crippen MR) is 71.8 cm³/mol. The van der Waals surface area contributed by atoms with Gasteiger partial charge in [-0.25, -0.2) is 4.79 Å². The predicted octanol–water partition coefficient (Wildman–Crippen LogP) is 1.81. The Balaban J connectivity index is 2.48. The molecule has 1 aliphatic heterocycles. The van der Waals surface area contributed by atoms with Gasteiger partial charge < -0.3 is 15.2 Å². The highest BCUT2D eigenvalue weighted by molar-refractivity contribution is 5.84. The van der Waals surface area contributed by atoms with E-state index in [0.717, 1.165) is 6.42 Å². The third kappa shape index (κ3) is 6.05. The van der Waals surface area contributed by atoms with Gasteiger partial charge in [-0.05, 0) is 31.1 Å². The van der Waals surface area contributed by atoms with Crippen molar-refractivity contribution in [2.24, 2.45) is 11.3 Å². The first-order valence-corrected chi connectivity index (χ1v) is 6.90. The summed E-state index contributed by atoms with van der Waals surface area (Å²) in [6.07, 6.45) is 2.58. The molecule has 2 N–H and O–H groups in total. The molecule has 5 nitrogen and oxygen atoms in total. The maximum atomic E-state index is 12.0. The molecule has 0 aliphatic carbocycles. The molecule has 0 saturated carbocycles. The van der Waals surface area contributed by atoms with Gasteiger partial charge in [-0.15, -0.1) is 0 Å². The Labute approximate surface area is 114 Å². The first-order chi connectivity index (χ1) is 8.79. The van der Waals surface area contributed by atoms with Crippen LogP contribution in [0.2, 0.25) is 0 Å². The average molecular weight is 271 g/mol. The normalized spacial score (nSPS) is 18.9. The molecule has 1 heterocycles. The molecular weight excluding hydrogens is 246 g/mol. The minimum Gasteiger partial charge on any atom is -0.480 e. The zero-order valence-electron chi connectivity index (χ0n) is 12.1. The van der Waals surface area contributed by atoms with E-state index in [1.54, 1.807) is 0 Å². The maximum absolute atomic E-state index is 12.0. The summed E-state index contributed by atoms with van der Waals surface area (Å²) in [5.41, 5.74) is 0.0666. The van der Waals surface area contributed by atoms with Gasteiger partial charge in [-0.3, -0.25) is 4.79 Å². The van der Waals surface area contributed by atoms with Gasteiger partial charge in [0.05, 0.1) is 0 Å². The van der Waals surface area contributed by atoms with Crippen LogP contribution in [-0.2, 0) is 14.3 Å². The molecule has 0 aromatic rings. The van der Waals surface area contributed by atoms with E-state index in [1.165, 1.54) is 0 Å². The highest BCUT2D eigenvalue weighted by Gasteiger charge is 2.27. The number of carboxylic acid groups (broad SMARTS) is 1. The summed E-state index contributed by atoms with van der Waals surface area (Å²) in [4.78, 5) is 23.2. The fourth-order valence-corrected chi connectivity index (χ4v) is 2.08. The molecule has 5 heteroatoms. The van der Waals surface area contributed by atoms with Crippen LogP contribution < -0.4 is 5.32 Å². The van der Waals surface area contributed by atoms with Gasteiger partial charge in [0.15, 0.2) is 0 Å². The van der Waals surface area contributed by atoms with E-state index in [0.29, 0.717) is 32.5 Å². The quantitative estimate of drug-likeness (QED) is 0.799. The fraction of sp³-hybridized carbons (Fsp3) is 0.857. The van der Waals surface area contributed by atoms with E-state index in [4.69, 9.17) is 4.74 Å². The van der Waals surface area contributed by atoms with Crippen molar-refractivity contribution in [2.75, 3.05) is 13.2 Å². The van der Waals surface area contributed by atoms with Crippen molar-refractivity contribution >= 4 is 11.9 Å². The molecule has 0 bridgehead atoms. The zero-order valence-corrected chi connectivity index (χ0v) is 12.1. The van der Waals surface area contributed by atoms with Crippen LogP contribution in [-0.4, -0.2) is 36.2 Å². The van der Waals surface area contributed by atoms with Gasteiger partial charge in [0.25, 0.3) is 0 Å². The van der Waals surface area contributed by atoms with Crippen molar-refractivity contribution in [3.05, 3.63) is 0 Å². The Morgan fingerprint density at radius 2 is 1.89 bits per heavy atom. The number of nitrogens with one attached hydrogen (secondary N) is 1. The highest BCUT2D eigenvalue weighted by atomic mass is 16.5. The van der Waals surface area contributed by atoms with Crippen molar-refractivity contribution < 1.29 is 19.4 Å². The lowest BCUT2D eigenvalue weighted by atomic mass is 9.88. The Kier molecular flexibility index (Phi) is 5.79. The van der Waals surface area contributed by atoms with E-state index in [9.17, 15) is 14.7 Å². The Hall–Kier alpha value is -1.10. The Morgan fingerprint density at radius 1 is 1.32 bits per heavy atom. The van der Waals surface area contributed by atoms with Crippen LogP contribution in [0.25, 0.3) is 0 Å². The van der Waals surface area contributed by atoms with Crippen LogP contribution in [0, 0.1) is 11.3 Å². The largest absolute Gasteiger partial charge is 0.480 e. The highest BCUT2D eigenvalue weighted by Crippen LogP contribution is 2.22. The molecule has 1 unspecified atom stereocenters. The fourth-order valence-electron chi connectivity index (χ4n) is 2.08. The first kappa shape index (κ1) is 16.0. The molecule has 1 saturated heterocycles. The third-order valence-electron chi connectivity index (χ3n) is 3.39. The monoisotopic (exact) mass is 271 g/mol. The van der Waals surface area contributed by atoms with Crippen LogP contribution in [0.1, 0.15) is 46.5 Å². The number of hydrogen-bond acceptors (Lipinski definition) is 3. The lowest BCUT2D eigenvalue weighted by molar-refractivity contribution is -0.143. The third-order valence-corrected chi connectivity index (χ3v) is 3.39. The van der Waals surface area contributed by atoms with Gasteiger partial charge in [0, 0.05) is 19.1 Å². The van der Waals surface area contributed by atoms with E-state index >= 15 is 0 Å². The van der Waals surface area contributed by atoms with Crippen molar-refractivity contribution in [3.8, 4) is 0 Å². The smallest absolute Gasteiger partial charge is 0.326 e. The minimum atomic E-state index is -0.954. The second-order valence-corrected chi connectivity index (χ2v) is 6.39. The summed E-state index contributed by atoms with van der Waals surface area (Å²) in [7, 11) is 0. The van der Waals surface area contributed by atoms with Gasteiger partial charge in [-0.2, -0.15) is 0 Å². The summed E-state index contributed by atoms with van der Waals surface area (Å²) in [5, 5.41) is 11.8. The van der Waals surface area contributed by atoms with Crippen LogP contribution in [0.5, 0.6) is 0 Å². The van der Waals surface area contributed by atoms with E-state index in [1.807, 2.05) is 0 Å². The average Bonchev–Trinajstić information content (AvgIpc) is 2.33. The summed E-state index contributed by atoms with van der Waals surface area (Å²) in [6.45, 7) is 7.35. The molecule has 0 spiro atoms. The summed E-state index contributed by atoms with van der Waals surface area (Å²) in [5.74, 6) is -1.21. The Bertz CT molecular complexity index is 316. The lowest BCUT2D eigenvalue weighted by Crippen LogP contribution is -2.45. The lowest BCUT2D eigenvalue weighted by Gasteiger charge is -2.25. The van der Waals surface area contributed by atoms with Crippen LogP contribution in [0.15, 0.2) is 0 Å². The van der Waals surface area contributed by atoms with Gasteiger partial charge in [-0.1, -0.05) is 20.8 Å². The topological polar surface area (TPSA) is 75.6 Å². The number of aliphatic carboxylic acids is 1. The van der Waals surface area contributed by atoms with Crippen LogP contribution in [0.3, 0.4) is 0 Å². The van der Waals surface area contributed by atoms with Crippen molar-refractivity contribution in [1.82, 2.24) is 5.32 Å². The number of carboxylic acids is 1. The van der Waals surface area contributed by atoms with Crippen molar-refractivity contribution in [3.63, 3.8) is 0 Å². The number of carbonyl (C=O) groups is 2. The Morgan fingerprint density at radius 3 is 2.37 bits per heavy atom.